The zero-order valence-corrected chi connectivity index (χ0v) is 14.8. The van der Waals surface area contributed by atoms with Crippen LogP contribution in [0, 0.1) is 0 Å². The van der Waals surface area contributed by atoms with E-state index in [1.807, 2.05) is 38.1 Å². The zero-order chi connectivity index (χ0) is 18.8. The third-order valence-corrected chi connectivity index (χ3v) is 5.00. The van der Waals surface area contributed by atoms with E-state index in [0.29, 0.717) is 11.4 Å². The fourth-order valence-electron chi connectivity index (χ4n) is 3.87. The molecule has 4 N–H and O–H groups in total. The Morgan fingerprint density at radius 1 is 1.22 bits per heavy atom. The molecule has 0 spiro atoms. The molecule has 1 aliphatic rings. The summed E-state index contributed by atoms with van der Waals surface area (Å²) in [6.07, 6.45) is 5.14. The lowest BCUT2D eigenvalue weighted by atomic mass is 9.85. The lowest BCUT2D eigenvalue weighted by molar-refractivity contribution is 0.0996. The average Bonchev–Trinajstić information content (AvgIpc) is 3.26. The second-order valence-electron chi connectivity index (χ2n) is 7.15. The molecule has 1 amide bonds. The number of carbonyl (C=O) groups excluding carboxylic acids is 1. The molecule has 0 bridgehead atoms. The number of hydrogen-bond acceptors (Lipinski definition) is 4. The number of nitrogens with zero attached hydrogens (tertiary/aromatic N) is 2. The van der Waals surface area contributed by atoms with Crippen molar-refractivity contribution >= 4 is 16.8 Å². The number of nitrogens with two attached hydrogens (primary N) is 1. The molecule has 27 heavy (non-hydrogen) atoms. The maximum atomic E-state index is 12.3. The minimum absolute atomic E-state index is 0.365. The van der Waals surface area contributed by atoms with Gasteiger partial charge in [-0.2, -0.15) is 5.10 Å². The third kappa shape index (κ3) is 2.18. The predicted octanol–water partition coefficient (Wildman–Crippen LogP) is 3.35. The number of rotatable bonds is 2. The third-order valence-electron chi connectivity index (χ3n) is 5.00. The van der Waals surface area contributed by atoms with Crippen molar-refractivity contribution in [2.45, 2.75) is 19.4 Å². The molecule has 0 unspecified atom stereocenters. The van der Waals surface area contributed by atoms with E-state index in [1.54, 1.807) is 18.6 Å². The van der Waals surface area contributed by atoms with E-state index in [9.17, 15) is 4.79 Å². The molecule has 7 nitrogen and oxygen atoms in total. The molecule has 0 radical (unpaired) electrons. The van der Waals surface area contributed by atoms with Crippen molar-refractivity contribution in [2.75, 3.05) is 0 Å². The van der Waals surface area contributed by atoms with Crippen LogP contribution in [-0.4, -0.2) is 26.1 Å². The second kappa shape index (κ2) is 5.20. The van der Waals surface area contributed by atoms with Crippen LogP contribution in [0.4, 0.5) is 0 Å². The predicted molar refractivity (Wildman–Crippen MR) is 101 cm³/mol. The van der Waals surface area contributed by atoms with E-state index in [0.717, 1.165) is 38.9 Å². The van der Waals surface area contributed by atoms with Crippen LogP contribution in [0.25, 0.3) is 33.3 Å². The monoisotopic (exact) mass is 359 g/mol. The van der Waals surface area contributed by atoms with Crippen LogP contribution >= 0.6 is 0 Å². The normalized spacial score (nSPS) is 14.4. The molecular formula is C20H17N5O2. The van der Waals surface area contributed by atoms with Crippen molar-refractivity contribution in [1.29, 1.82) is 0 Å². The summed E-state index contributed by atoms with van der Waals surface area (Å²) in [6.45, 7) is 3.94. The molecule has 0 saturated heterocycles. The fraction of sp³-hybridized carbons (Fsp3) is 0.150. The highest BCUT2D eigenvalue weighted by atomic mass is 16.5. The number of nitrogens with one attached hydrogen (secondary N) is 2. The number of aromatic nitrogens is 4. The summed E-state index contributed by atoms with van der Waals surface area (Å²) >= 11 is 0. The first kappa shape index (κ1) is 15.6. The van der Waals surface area contributed by atoms with Crippen LogP contribution in [-0.2, 0) is 5.60 Å². The van der Waals surface area contributed by atoms with Gasteiger partial charge in [0, 0.05) is 28.3 Å². The first-order valence-electron chi connectivity index (χ1n) is 8.59. The van der Waals surface area contributed by atoms with Gasteiger partial charge in [-0.25, -0.2) is 0 Å². The fourth-order valence-corrected chi connectivity index (χ4v) is 3.87. The lowest BCUT2D eigenvalue weighted by Gasteiger charge is -2.33. The van der Waals surface area contributed by atoms with Gasteiger partial charge in [0.05, 0.1) is 23.6 Å². The SMILES string of the molecule is CC1(C)Oc2cnccc2-c2[nH]c(C(N)=O)c(-c3ccc4[nH]ncc4c3)c21. The van der Waals surface area contributed by atoms with Gasteiger partial charge in [0.15, 0.2) is 0 Å². The molecule has 0 aliphatic carbocycles. The van der Waals surface area contributed by atoms with Crippen LogP contribution in [0.15, 0.2) is 42.9 Å². The molecule has 4 aromatic rings. The quantitative estimate of drug-likeness (QED) is 0.510. The molecule has 1 aromatic carbocycles. The van der Waals surface area contributed by atoms with Crippen molar-refractivity contribution in [3.05, 3.63) is 54.1 Å². The van der Waals surface area contributed by atoms with Crippen molar-refractivity contribution < 1.29 is 9.53 Å². The Morgan fingerprint density at radius 2 is 2.07 bits per heavy atom. The molecule has 0 atom stereocenters. The number of aromatic amines is 2. The van der Waals surface area contributed by atoms with E-state index < -0.39 is 11.5 Å². The van der Waals surface area contributed by atoms with Crippen molar-refractivity contribution in [2.24, 2.45) is 5.73 Å². The van der Waals surface area contributed by atoms with Crippen LogP contribution in [0.2, 0.25) is 0 Å². The molecule has 7 heteroatoms. The average molecular weight is 359 g/mol. The Hall–Kier alpha value is -3.61. The first-order valence-corrected chi connectivity index (χ1v) is 8.59. The Kier molecular flexibility index (Phi) is 3.01. The van der Waals surface area contributed by atoms with E-state index in [1.165, 1.54) is 0 Å². The molecule has 3 aromatic heterocycles. The Morgan fingerprint density at radius 3 is 2.89 bits per heavy atom. The van der Waals surface area contributed by atoms with E-state index >= 15 is 0 Å². The number of primary amides is 1. The van der Waals surface area contributed by atoms with Crippen LogP contribution in [0.5, 0.6) is 5.75 Å². The maximum Gasteiger partial charge on any atom is 0.265 e. The summed E-state index contributed by atoms with van der Waals surface area (Å²) in [5.74, 6) is 0.155. The summed E-state index contributed by atoms with van der Waals surface area (Å²) < 4.78 is 6.22. The zero-order valence-electron chi connectivity index (χ0n) is 14.8. The lowest BCUT2D eigenvalue weighted by Crippen LogP contribution is -2.29. The van der Waals surface area contributed by atoms with Crippen LogP contribution in [0.3, 0.4) is 0 Å². The molecule has 1 aliphatic heterocycles. The molecule has 5 rings (SSSR count). The van der Waals surface area contributed by atoms with Gasteiger partial charge in [-0.15, -0.1) is 0 Å². The van der Waals surface area contributed by atoms with Gasteiger partial charge in [-0.3, -0.25) is 14.9 Å². The van der Waals surface area contributed by atoms with Crippen molar-refractivity contribution in [3.8, 4) is 28.1 Å². The maximum absolute atomic E-state index is 12.3. The summed E-state index contributed by atoms with van der Waals surface area (Å²) in [7, 11) is 0. The van der Waals surface area contributed by atoms with Gasteiger partial charge < -0.3 is 15.5 Å². The van der Waals surface area contributed by atoms with Crippen LogP contribution < -0.4 is 10.5 Å². The highest BCUT2D eigenvalue weighted by Crippen LogP contribution is 2.49. The number of amides is 1. The number of pyridine rings is 1. The number of ether oxygens (including phenoxy) is 1. The Labute approximate surface area is 154 Å². The summed E-state index contributed by atoms with van der Waals surface area (Å²) in [6, 6.07) is 7.76. The number of hydrogen-bond donors (Lipinski definition) is 3. The number of fused-ring (bicyclic) bond motifs is 4. The van der Waals surface area contributed by atoms with Crippen molar-refractivity contribution in [1.82, 2.24) is 20.2 Å². The van der Waals surface area contributed by atoms with E-state index in [4.69, 9.17) is 10.5 Å². The molecule has 0 fully saturated rings. The van der Waals surface area contributed by atoms with Crippen LogP contribution in [0.1, 0.15) is 29.9 Å². The smallest absolute Gasteiger partial charge is 0.265 e. The number of carbonyl (C=O) groups is 1. The first-order chi connectivity index (χ1) is 13.0. The number of H-pyrrole nitrogens is 2. The standard InChI is InChI=1S/C20H17N5O2/c1-20(2)16-15(10-3-4-13-11(7-10)8-23-25-13)18(19(21)26)24-17(16)12-5-6-22-9-14(12)27-20/h3-9,24H,1-2H3,(H2,21,26)(H,23,25). The topological polar surface area (TPSA) is 110 Å². The summed E-state index contributed by atoms with van der Waals surface area (Å²) in [5.41, 5.74) is 10.6. The van der Waals surface area contributed by atoms with Gasteiger partial charge in [0.25, 0.3) is 5.91 Å². The van der Waals surface area contributed by atoms with Gasteiger partial charge in [0.1, 0.15) is 17.0 Å². The highest BCUT2D eigenvalue weighted by molar-refractivity contribution is 6.03. The number of benzene rings is 1. The van der Waals surface area contributed by atoms with Gasteiger partial charge in [-0.1, -0.05) is 6.07 Å². The van der Waals surface area contributed by atoms with Crippen molar-refractivity contribution in [3.63, 3.8) is 0 Å². The summed E-state index contributed by atoms with van der Waals surface area (Å²) in [5, 5.41) is 7.97. The molecule has 4 heterocycles. The van der Waals surface area contributed by atoms with E-state index in [2.05, 4.69) is 20.2 Å². The Bertz CT molecular complexity index is 1220. The Balaban J connectivity index is 1.87. The molecule has 0 saturated carbocycles. The summed E-state index contributed by atoms with van der Waals surface area (Å²) in [4.78, 5) is 19.7. The molecule has 134 valence electrons. The van der Waals surface area contributed by atoms with E-state index in [-0.39, 0.29) is 0 Å². The second-order valence-corrected chi connectivity index (χ2v) is 7.15. The minimum atomic E-state index is -0.670. The van der Waals surface area contributed by atoms with Gasteiger partial charge >= 0.3 is 0 Å². The molecular weight excluding hydrogens is 342 g/mol. The minimum Gasteiger partial charge on any atom is -0.481 e. The van der Waals surface area contributed by atoms with Gasteiger partial charge in [0.2, 0.25) is 0 Å². The largest absolute Gasteiger partial charge is 0.481 e. The highest BCUT2D eigenvalue weighted by Gasteiger charge is 2.39. The van der Waals surface area contributed by atoms with Gasteiger partial charge in [-0.05, 0) is 37.6 Å².